The number of isocyanates is 1. The largest absolute Gasteiger partial charge is 0.379 e. The molecule has 0 aliphatic carbocycles. The summed E-state index contributed by atoms with van der Waals surface area (Å²) in [6, 6.07) is 0. The molecule has 0 rings (SSSR count). The molecular weight excluding hydrogens is 202 g/mol. The van der Waals surface area contributed by atoms with Crippen LogP contribution in [-0.4, -0.2) is 25.8 Å². The summed E-state index contributed by atoms with van der Waals surface area (Å²) in [5.41, 5.74) is 1.38. The first-order chi connectivity index (χ1) is 7.68. The Balaban J connectivity index is 0. The summed E-state index contributed by atoms with van der Waals surface area (Å²) in [6.45, 7) is 10.1. The van der Waals surface area contributed by atoms with Gasteiger partial charge in [0.2, 0.25) is 6.08 Å². The van der Waals surface area contributed by atoms with E-state index in [9.17, 15) is 4.79 Å². The van der Waals surface area contributed by atoms with Crippen molar-refractivity contribution in [3.05, 3.63) is 11.6 Å². The van der Waals surface area contributed by atoms with E-state index < -0.39 is 0 Å². The Morgan fingerprint density at radius 2 is 1.94 bits per heavy atom. The van der Waals surface area contributed by atoms with Crippen LogP contribution in [-0.2, 0) is 9.53 Å². The van der Waals surface area contributed by atoms with Crippen molar-refractivity contribution < 1.29 is 9.53 Å². The number of hydrogen-bond acceptors (Lipinski definition) is 3. The number of ether oxygens (including phenoxy) is 1. The van der Waals surface area contributed by atoms with E-state index in [0.29, 0.717) is 13.2 Å². The Bertz CT molecular complexity index is 202. The maximum absolute atomic E-state index is 9.59. The third-order valence-electron chi connectivity index (χ3n) is 1.88. The number of rotatable bonds is 7. The molecule has 0 saturated carbocycles. The Morgan fingerprint density at radius 3 is 2.38 bits per heavy atom. The topological polar surface area (TPSA) is 38.7 Å². The van der Waals surface area contributed by atoms with Crippen molar-refractivity contribution in [2.45, 2.75) is 47.0 Å². The highest BCUT2D eigenvalue weighted by atomic mass is 16.5. The summed E-state index contributed by atoms with van der Waals surface area (Å²) in [7, 11) is 0. The molecule has 0 aliphatic rings. The van der Waals surface area contributed by atoms with E-state index in [1.807, 2.05) is 6.92 Å². The Morgan fingerprint density at radius 1 is 1.31 bits per heavy atom. The molecule has 0 bridgehead atoms. The molecule has 0 aromatic heterocycles. The Hall–Kier alpha value is -0.920. The minimum atomic E-state index is 0.440. The van der Waals surface area contributed by atoms with Crippen LogP contribution >= 0.6 is 0 Å². The lowest BCUT2D eigenvalue weighted by Gasteiger charge is -1.99. The van der Waals surface area contributed by atoms with E-state index in [-0.39, 0.29) is 0 Å². The average molecular weight is 227 g/mol. The zero-order valence-corrected chi connectivity index (χ0v) is 11.1. The first kappa shape index (κ1) is 17.5. The highest BCUT2D eigenvalue weighted by molar-refractivity contribution is 5.32. The number of aliphatic imine (C=N–C) groups is 1. The van der Waals surface area contributed by atoms with E-state index in [1.54, 1.807) is 0 Å². The van der Waals surface area contributed by atoms with Crippen molar-refractivity contribution in [3.63, 3.8) is 0 Å². The maximum atomic E-state index is 9.59. The molecule has 3 nitrogen and oxygen atoms in total. The van der Waals surface area contributed by atoms with Gasteiger partial charge in [0.25, 0.3) is 0 Å². The smallest absolute Gasteiger partial charge is 0.235 e. The van der Waals surface area contributed by atoms with Gasteiger partial charge in [-0.05, 0) is 27.2 Å². The quantitative estimate of drug-likeness (QED) is 0.289. The summed E-state index contributed by atoms with van der Waals surface area (Å²) < 4.78 is 5.17. The fourth-order valence-electron chi connectivity index (χ4n) is 0.712. The summed E-state index contributed by atoms with van der Waals surface area (Å²) in [5.74, 6) is 0. The van der Waals surface area contributed by atoms with Crippen LogP contribution < -0.4 is 0 Å². The van der Waals surface area contributed by atoms with E-state index in [4.69, 9.17) is 4.74 Å². The van der Waals surface area contributed by atoms with Crippen LogP contribution in [0, 0.1) is 0 Å². The lowest BCUT2D eigenvalue weighted by Crippen LogP contribution is -1.99. The van der Waals surface area contributed by atoms with Gasteiger partial charge in [-0.3, -0.25) is 0 Å². The van der Waals surface area contributed by atoms with Crippen LogP contribution in [0.15, 0.2) is 16.6 Å². The molecule has 0 aromatic carbocycles. The van der Waals surface area contributed by atoms with Gasteiger partial charge in [-0.1, -0.05) is 31.4 Å². The van der Waals surface area contributed by atoms with Crippen molar-refractivity contribution in [2.24, 2.45) is 4.99 Å². The van der Waals surface area contributed by atoms with Gasteiger partial charge in [0.1, 0.15) is 0 Å². The molecule has 0 heterocycles. The molecule has 0 saturated heterocycles. The summed E-state index contributed by atoms with van der Waals surface area (Å²) in [6.07, 6.45) is 7.06. The summed E-state index contributed by atoms with van der Waals surface area (Å²) in [5, 5.41) is 0. The van der Waals surface area contributed by atoms with E-state index in [0.717, 1.165) is 13.0 Å². The van der Waals surface area contributed by atoms with Crippen LogP contribution in [0.5, 0.6) is 0 Å². The van der Waals surface area contributed by atoms with Gasteiger partial charge in [-0.2, -0.15) is 0 Å². The fourth-order valence-corrected chi connectivity index (χ4v) is 0.712. The van der Waals surface area contributed by atoms with Gasteiger partial charge in [-0.15, -0.1) is 0 Å². The third-order valence-corrected chi connectivity index (χ3v) is 1.88. The van der Waals surface area contributed by atoms with Gasteiger partial charge in [0.05, 0.1) is 13.2 Å². The summed E-state index contributed by atoms with van der Waals surface area (Å²) >= 11 is 0. The van der Waals surface area contributed by atoms with Crippen LogP contribution in [0.1, 0.15) is 47.0 Å². The van der Waals surface area contributed by atoms with Gasteiger partial charge in [0.15, 0.2) is 0 Å². The van der Waals surface area contributed by atoms with Crippen LogP contribution in [0.2, 0.25) is 0 Å². The van der Waals surface area contributed by atoms with Crippen molar-refractivity contribution in [1.82, 2.24) is 0 Å². The lowest BCUT2D eigenvalue weighted by molar-refractivity contribution is 0.137. The van der Waals surface area contributed by atoms with Crippen molar-refractivity contribution >= 4 is 6.08 Å². The molecule has 0 fully saturated rings. The molecule has 0 aliphatic heterocycles. The highest BCUT2D eigenvalue weighted by Crippen LogP contribution is 1.93. The Kier molecular flexibility index (Phi) is 18.0. The first-order valence-corrected chi connectivity index (χ1v) is 5.89. The lowest BCUT2D eigenvalue weighted by atomic mass is 10.3. The average Bonchev–Trinajstić information content (AvgIpc) is 2.29. The van der Waals surface area contributed by atoms with Crippen molar-refractivity contribution in [2.75, 3.05) is 19.8 Å². The molecule has 16 heavy (non-hydrogen) atoms. The third kappa shape index (κ3) is 23.2. The predicted octanol–water partition coefficient (Wildman–Crippen LogP) is 3.50. The zero-order chi connectivity index (χ0) is 12.6. The van der Waals surface area contributed by atoms with E-state index in [1.165, 1.54) is 24.5 Å². The second-order valence-electron chi connectivity index (χ2n) is 3.66. The first-order valence-electron chi connectivity index (χ1n) is 5.89. The van der Waals surface area contributed by atoms with Crippen molar-refractivity contribution in [1.29, 1.82) is 0 Å². The standard InChI is InChI=1S/C8H15NO2.C5H10/c1-2-3-4-6-11-7-5-9-8-10;1-4-5(2)3/h2-7H2,1H3;4H,1-3H3. The van der Waals surface area contributed by atoms with E-state index in [2.05, 4.69) is 31.8 Å². The number of hydrogen-bond donors (Lipinski definition) is 0. The molecule has 94 valence electrons. The van der Waals surface area contributed by atoms with Gasteiger partial charge < -0.3 is 4.74 Å². The molecule has 0 amide bonds. The molecule has 0 spiro atoms. The normalized spacial score (nSPS) is 8.50. The van der Waals surface area contributed by atoms with Crippen LogP contribution in [0.25, 0.3) is 0 Å². The number of unbranched alkanes of at least 4 members (excludes halogenated alkanes) is 2. The molecule has 0 radical (unpaired) electrons. The van der Waals surface area contributed by atoms with E-state index >= 15 is 0 Å². The minimum Gasteiger partial charge on any atom is -0.379 e. The Labute approximate surface area is 99.6 Å². The predicted molar refractivity (Wildman–Crippen MR) is 68.4 cm³/mol. The van der Waals surface area contributed by atoms with Gasteiger partial charge >= 0.3 is 0 Å². The van der Waals surface area contributed by atoms with Crippen LogP contribution in [0.4, 0.5) is 0 Å². The summed E-state index contributed by atoms with van der Waals surface area (Å²) in [4.78, 5) is 13.0. The highest BCUT2D eigenvalue weighted by Gasteiger charge is 1.86. The zero-order valence-electron chi connectivity index (χ0n) is 11.1. The van der Waals surface area contributed by atoms with Crippen LogP contribution in [0.3, 0.4) is 0 Å². The van der Waals surface area contributed by atoms with Gasteiger partial charge in [-0.25, -0.2) is 9.79 Å². The molecule has 0 aromatic rings. The SMILES string of the molecule is CC=C(C)C.CCCCCOCCN=C=O. The molecule has 0 N–H and O–H groups in total. The number of nitrogens with zero attached hydrogens (tertiary/aromatic N) is 1. The minimum absolute atomic E-state index is 0.440. The monoisotopic (exact) mass is 227 g/mol. The molecular formula is C13H25NO2. The van der Waals surface area contributed by atoms with Gasteiger partial charge in [0, 0.05) is 6.61 Å². The number of carbonyl (C=O) groups excluding carboxylic acids is 1. The second kappa shape index (κ2) is 16.5. The number of allylic oxidation sites excluding steroid dienone is 2. The van der Waals surface area contributed by atoms with Crippen molar-refractivity contribution in [3.8, 4) is 0 Å². The fraction of sp³-hybridized carbons (Fsp3) is 0.769. The molecule has 0 atom stereocenters. The molecule has 3 heteroatoms. The maximum Gasteiger partial charge on any atom is 0.235 e. The molecule has 0 unspecified atom stereocenters. The second-order valence-corrected chi connectivity index (χ2v) is 3.66.